The lowest BCUT2D eigenvalue weighted by Crippen LogP contribution is -2.47. The van der Waals surface area contributed by atoms with Crippen molar-refractivity contribution in [2.75, 3.05) is 55.6 Å². The normalized spacial score (nSPS) is 27.3. The molecule has 0 unspecified atom stereocenters. The minimum absolute atomic E-state index is 0. The van der Waals surface area contributed by atoms with Crippen molar-refractivity contribution in [2.24, 2.45) is 5.41 Å². The standard InChI is InChI=1S/C27H45N3O.ClH/c1-6-13-28-14-16-29(17-15-28)26-8-7-24(30-19-21(2)31-22(3)20-30)18-25(26)23-9-11-27(4,5)12-10-23;/h7-8,18,21-23H,6,9-17,19-20H2,1-5H3;1H/t21-,22+;. The van der Waals surface area contributed by atoms with Gasteiger partial charge in [-0.25, -0.2) is 0 Å². The minimum atomic E-state index is 0. The molecular formula is C27H46ClN3O. The van der Waals surface area contributed by atoms with Crippen molar-refractivity contribution in [3.8, 4) is 0 Å². The zero-order valence-corrected chi connectivity index (χ0v) is 21.9. The first-order valence-corrected chi connectivity index (χ1v) is 12.9. The molecule has 2 aliphatic heterocycles. The van der Waals surface area contributed by atoms with E-state index in [1.807, 2.05) is 0 Å². The highest BCUT2D eigenvalue weighted by Gasteiger charge is 2.31. The second-order valence-electron chi connectivity index (χ2n) is 11.2. The molecule has 182 valence electrons. The van der Waals surface area contributed by atoms with E-state index in [9.17, 15) is 0 Å². The molecular weight excluding hydrogens is 418 g/mol. The molecule has 3 fully saturated rings. The molecule has 0 N–H and O–H groups in total. The monoisotopic (exact) mass is 463 g/mol. The Morgan fingerprint density at radius 2 is 1.56 bits per heavy atom. The van der Waals surface area contributed by atoms with Gasteiger partial charge in [-0.3, -0.25) is 4.90 Å². The van der Waals surface area contributed by atoms with Gasteiger partial charge in [-0.1, -0.05) is 20.8 Å². The Morgan fingerprint density at radius 1 is 0.938 bits per heavy atom. The molecule has 1 aliphatic carbocycles. The highest BCUT2D eigenvalue weighted by Crippen LogP contribution is 2.45. The van der Waals surface area contributed by atoms with Crippen LogP contribution in [0.1, 0.15) is 78.2 Å². The van der Waals surface area contributed by atoms with Crippen LogP contribution in [0.2, 0.25) is 0 Å². The number of rotatable bonds is 5. The van der Waals surface area contributed by atoms with E-state index in [1.54, 1.807) is 5.56 Å². The number of nitrogens with zero attached hydrogens (tertiary/aromatic N) is 3. The van der Waals surface area contributed by atoms with Crippen molar-refractivity contribution in [1.29, 1.82) is 0 Å². The van der Waals surface area contributed by atoms with Gasteiger partial charge in [-0.15, -0.1) is 12.4 Å². The zero-order chi connectivity index (χ0) is 22.0. The average molecular weight is 464 g/mol. The summed E-state index contributed by atoms with van der Waals surface area (Å²) in [4.78, 5) is 7.86. The molecule has 0 amide bonds. The maximum absolute atomic E-state index is 6.00. The maximum atomic E-state index is 6.00. The van der Waals surface area contributed by atoms with E-state index in [2.05, 4.69) is 67.5 Å². The fraction of sp³-hybridized carbons (Fsp3) is 0.778. The quantitative estimate of drug-likeness (QED) is 0.537. The fourth-order valence-electron chi connectivity index (χ4n) is 5.98. The van der Waals surface area contributed by atoms with Gasteiger partial charge in [-0.2, -0.15) is 0 Å². The summed E-state index contributed by atoms with van der Waals surface area (Å²) in [5.41, 5.74) is 5.03. The van der Waals surface area contributed by atoms with Gasteiger partial charge in [0.25, 0.3) is 0 Å². The molecule has 2 heterocycles. The summed E-state index contributed by atoms with van der Waals surface area (Å²) in [7, 11) is 0. The Morgan fingerprint density at radius 3 is 2.16 bits per heavy atom. The first-order valence-electron chi connectivity index (χ1n) is 12.9. The number of hydrogen-bond donors (Lipinski definition) is 0. The second-order valence-corrected chi connectivity index (χ2v) is 11.2. The van der Waals surface area contributed by atoms with Crippen molar-refractivity contribution >= 4 is 23.8 Å². The van der Waals surface area contributed by atoms with Crippen molar-refractivity contribution < 1.29 is 4.74 Å². The van der Waals surface area contributed by atoms with Gasteiger partial charge in [0.15, 0.2) is 0 Å². The summed E-state index contributed by atoms with van der Waals surface area (Å²) in [6.45, 7) is 19.6. The highest BCUT2D eigenvalue weighted by molar-refractivity contribution is 5.85. The minimum Gasteiger partial charge on any atom is -0.372 e. The largest absolute Gasteiger partial charge is 0.372 e. The molecule has 2 atom stereocenters. The van der Waals surface area contributed by atoms with Gasteiger partial charge in [0.1, 0.15) is 0 Å². The van der Waals surface area contributed by atoms with Crippen LogP contribution in [-0.2, 0) is 4.74 Å². The summed E-state index contributed by atoms with van der Waals surface area (Å²) in [6.07, 6.45) is 7.20. The van der Waals surface area contributed by atoms with E-state index in [-0.39, 0.29) is 12.4 Å². The predicted molar refractivity (Wildman–Crippen MR) is 140 cm³/mol. The van der Waals surface area contributed by atoms with Gasteiger partial charge < -0.3 is 14.5 Å². The molecule has 1 aromatic carbocycles. The van der Waals surface area contributed by atoms with Gasteiger partial charge in [0.2, 0.25) is 0 Å². The molecule has 3 aliphatic rings. The molecule has 0 radical (unpaired) electrons. The predicted octanol–water partition coefficient (Wildman–Crippen LogP) is 5.94. The smallest absolute Gasteiger partial charge is 0.0726 e. The summed E-state index contributed by atoms with van der Waals surface area (Å²) < 4.78 is 6.00. The maximum Gasteiger partial charge on any atom is 0.0726 e. The molecule has 32 heavy (non-hydrogen) atoms. The summed E-state index contributed by atoms with van der Waals surface area (Å²) in [5, 5.41) is 0. The molecule has 5 heteroatoms. The number of ether oxygens (including phenoxy) is 1. The first kappa shape index (κ1) is 25.6. The number of halogens is 1. The van der Waals surface area contributed by atoms with Crippen molar-refractivity contribution in [1.82, 2.24) is 4.90 Å². The zero-order valence-electron chi connectivity index (χ0n) is 21.1. The average Bonchev–Trinajstić information content (AvgIpc) is 2.74. The summed E-state index contributed by atoms with van der Waals surface area (Å²) in [6, 6.07) is 7.39. The lowest BCUT2D eigenvalue weighted by molar-refractivity contribution is -0.00522. The van der Waals surface area contributed by atoms with Crippen LogP contribution in [0.3, 0.4) is 0 Å². The Hall–Kier alpha value is -0.970. The van der Waals surface area contributed by atoms with Gasteiger partial charge >= 0.3 is 0 Å². The van der Waals surface area contributed by atoms with E-state index in [4.69, 9.17) is 4.74 Å². The number of morpholine rings is 1. The third-order valence-corrected chi connectivity index (χ3v) is 7.83. The third-order valence-electron chi connectivity index (χ3n) is 7.83. The van der Waals surface area contributed by atoms with E-state index in [0.29, 0.717) is 23.5 Å². The van der Waals surface area contributed by atoms with Crippen LogP contribution in [0, 0.1) is 5.41 Å². The van der Waals surface area contributed by atoms with Crippen molar-refractivity contribution in [2.45, 2.75) is 84.8 Å². The van der Waals surface area contributed by atoms with Gasteiger partial charge in [0, 0.05) is 50.6 Å². The van der Waals surface area contributed by atoms with Crippen LogP contribution in [0.15, 0.2) is 18.2 Å². The highest BCUT2D eigenvalue weighted by atomic mass is 35.5. The summed E-state index contributed by atoms with van der Waals surface area (Å²) >= 11 is 0. The van der Waals surface area contributed by atoms with Gasteiger partial charge in [0.05, 0.1) is 12.2 Å². The third kappa shape index (κ3) is 6.12. The summed E-state index contributed by atoms with van der Waals surface area (Å²) in [5.74, 6) is 0.701. The van der Waals surface area contributed by atoms with Crippen LogP contribution in [0.5, 0.6) is 0 Å². The molecule has 4 rings (SSSR count). The molecule has 1 saturated carbocycles. The first-order chi connectivity index (χ1) is 14.8. The van der Waals surface area contributed by atoms with Crippen molar-refractivity contribution in [3.63, 3.8) is 0 Å². The van der Waals surface area contributed by atoms with Crippen LogP contribution in [0.25, 0.3) is 0 Å². The number of anilines is 2. The Bertz CT molecular complexity index is 712. The van der Waals surface area contributed by atoms with E-state index in [1.165, 1.54) is 63.1 Å². The van der Waals surface area contributed by atoms with E-state index in [0.717, 1.165) is 26.2 Å². The SMILES string of the molecule is CCCN1CCN(c2ccc(N3C[C@@H](C)O[C@@H](C)C3)cc2C2CCC(C)(C)CC2)CC1.Cl. The molecule has 1 aromatic rings. The van der Waals surface area contributed by atoms with Crippen LogP contribution >= 0.6 is 12.4 Å². The molecule has 0 bridgehead atoms. The lowest BCUT2D eigenvalue weighted by atomic mass is 9.71. The van der Waals surface area contributed by atoms with Crippen LogP contribution in [0.4, 0.5) is 11.4 Å². The second kappa shape index (κ2) is 11.0. The van der Waals surface area contributed by atoms with E-state index < -0.39 is 0 Å². The Kier molecular flexibility index (Phi) is 8.79. The lowest BCUT2D eigenvalue weighted by Gasteiger charge is -2.41. The molecule has 2 saturated heterocycles. The van der Waals surface area contributed by atoms with Crippen LogP contribution < -0.4 is 9.80 Å². The molecule has 0 aromatic heterocycles. The Labute approximate surface area is 203 Å². The number of benzene rings is 1. The van der Waals surface area contributed by atoms with Gasteiger partial charge in [-0.05, 0) is 87.6 Å². The number of piperazine rings is 1. The fourth-order valence-corrected chi connectivity index (χ4v) is 5.98. The van der Waals surface area contributed by atoms with E-state index >= 15 is 0 Å². The number of hydrogen-bond acceptors (Lipinski definition) is 4. The Balaban J connectivity index is 0.00000289. The van der Waals surface area contributed by atoms with Crippen LogP contribution in [-0.4, -0.2) is 62.9 Å². The topological polar surface area (TPSA) is 19.0 Å². The van der Waals surface area contributed by atoms with Crippen molar-refractivity contribution in [3.05, 3.63) is 23.8 Å². The molecule has 0 spiro atoms. The molecule has 4 nitrogen and oxygen atoms in total.